The maximum absolute atomic E-state index is 14.6. The molecule has 1 aliphatic carbocycles. The summed E-state index contributed by atoms with van der Waals surface area (Å²) in [6.07, 6.45) is 7.57. The SMILES string of the molecule is CCCOC1CC(C=C(C)C2OC(=O)C3CCCCN3C(=O)C(=O)C3(O)OC(C(OC)CC(C)CC(C)=CC(CC)C(=O)CCC2C)C(OC)CC3C)CCC1NC(=O)c1ccccc1C[C@@H](N)C(=O)O. The van der Waals surface area contributed by atoms with Crippen molar-refractivity contribution in [2.75, 3.05) is 27.4 Å². The fourth-order valence-corrected chi connectivity index (χ4v) is 11.3. The summed E-state index contributed by atoms with van der Waals surface area (Å²) in [6, 6.07) is 4.23. The number of nitrogens with two attached hydrogens (primary N) is 1. The molecule has 396 valence electrons. The average Bonchev–Trinajstić information content (AvgIpc) is 3.35. The summed E-state index contributed by atoms with van der Waals surface area (Å²) in [5.41, 5.74) is 8.56. The van der Waals surface area contributed by atoms with Crippen LogP contribution in [0.4, 0.5) is 0 Å². The summed E-state index contributed by atoms with van der Waals surface area (Å²) >= 11 is 0. The predicted molar refractivity (Wildman–Crippen MR) is 267 cm³/mol. The van der Waals surface area contributed by atoms with Crippen molar-refractivity contribution in [1.29, 1.82) is 0 Å². The number of ether oxygens (including phenoxy) is 5. The number of benzene rings is 1. The Morgan fingerprint density at radius 1 is 0.972 bits per heavy atom. The molecular formula is C55H83N3O13. The fourth-order valence-electron chi connectivity index (χ4n) is 11.3. The number of aliphatic hydroxyl groups is 1. The van der Waals surface area contributed by atoms with Gasteiger partial charge in [-0.1, -0.05) is 70.5 Å². The number of carboxylic acids is 1. The molecule has 0 aromatic heterocycles. The summed E-state index contributed by atoms with van der Waals surface area (Å²) < 4.78 is 31.0. The van der Waals surface area contributed by atoms with Gasteiger partial charge in [-0.25, -0.2) is 4.79 Å². The lowest BCUT2D eigenvalue weighted by atomic mass is 9.81. The summed E-state index contributed by atoms with van der Waals surface area (Å²) in [7, 11) is 3.08. The Morgan fingerprint density at radius 3 is 2.35 bits per heavy atom. The number of amides is 2. The molecule has 2 saturated heterocycles. The first kappa shape index (κ1) is 57.6. The molecule has 16 nitrogen and oxygen atoms in total. The molecule has 2 bridgehead atoms. The molecule has 1 aromatic rings. The van der Waals surface area contributed by atoms with E-state index in [1.54, 1.807) is 38.3 Å². The number of nitrogens with one attached hydrogen (secondary N) is 1. The lowest BCUT2D eigenvalue weighted by Gasteiger charge is -2.47. The highest BCUT2D eigenvalue weighted by molar-refractivity contribution is 6.39. The number of hydrogen-bond donors (Lipinski definition) is 4. The Bertz CT molecular complexity index is 2070. The van der Waals surface area contributed by atoms with Crippen LogP contribution < -0.4 is 11.1 Å². The van der Waals surface area contributed by atoms with Gasteiger partial charge in [0.25, 0.3) is 17.6 Å². The van der Waals surface area contributed by atoms with E-state index in [0.717, 1.165) is 17.6 Å². The number of aliphatic carboxylic acids is 1. The number of fused-ring (bicyclic) bond motifs is 3. The van der Waals surface area contributed by atoms with Gasteiger partial charge in [0.05, 0.1) is 24.4 Å². The molecule has 5 N–H and O–H groups in total. The molecule has 5 rings (SSSR count). The fraction of sp³-hybridized carbons (Fsp3) is 0.709. The molecule has 4 aliphatic rings. The van der Waals surface area contributed by atoms with Crippen LogP contribution in [-0.2, 0) is 54.1 Å². The van der Waals surface area contributed by atoms with E-state index in [-0.39, 0.29) is 79.7 Å². The summed E-state index contributed by atoms with van der Waals surface area (Å²) in [5, 5.41) is 24.8. The van der Waals surface area contributed by atoms with Gasteiger partial charge < -0.3 is 49.8 Å². The van der Waals surface area contributed by atoms with Crippen LogP contribution in [0.1, 0.15) is 148 Å². The number of Topliss-reactive ketones (excluding diaryl/α,β-unsaturated/α-hetero) is 2. The Hall–Kier alpha value is -4.32. The zero-order chi connectivity index (χ0) is 52.2. The van der Waals surface area contributed by atoms with Crippen LogP contribution in [0.5, 0.6) is 0 Å². The van der Waals surface area contributed by atoms with Gasteiger partial charge in [-0.05, 0) is 132 Å². The monoisotopic (exact) mass is 994 g/mol. The Kier molecular flexibility index (Phi) is 21.6. The molecule has 0 spiro atoms. The van der Waals surface area contributed by atoms with E-state index < -0.39 is 71.8 Å². The van der Waals surface area contributed by atoms with Gasteiger partial charge in [-0.2, -0.15) is 0 Å². The number of nitrogens with zero attached hydrogens (tertiary/aromatic N) is 1. The second-order valence-corrected chi connectivity index (χ2v) is 21.0. The number of rotatable bonds is 13. The number of hydrogen-bond acceptors (Lipinski definition) is 13. The van der Waals surface area contributed by atoms with Crippen LogP contribution in [0.2, 0.25) is 0 Å². The van der Waals surface area contributed by atoms with Crippen molar-refractivity contribution in [2.24, 2.45) is 35.3 Å². The largest absolute Gasteiger partial charge is 0.480 e. The minimum absolute atomic E-state index is 0.00439. The summed E-state index contributed by atoms with van der Waals surface area (Å²) in [5.74, 6) is -8.20. The Morgan fingerprint density at radius 2 is 1.68 bits per heavy atom. The number of methoxy groups -OCH3 is 2. The van der Waals surface area contributed by atoms with Gasteiger partial charge >= 0.3 is 11.9 Å². The molecule has 0 radical (unpaired) electrons. The molecule has 13 unspecified atom stereocenters. The number of cyclic esters (lactones) is 1. The van der Waals surface area contributed by atoms with Crippen LogP contribution in [-0.4, -0.2) is 132 Å². The van der Waals surface area contributed by atoms with Crippen LogP contribution in [0.15, 0.2) is 47.6 Å². The van der Waals surface area contributed by atoms with Gasteiger partial charge in [-0.15, -0.1) is 0 Å². The molecule has 1 saturated carbocycles. The lowest BCUT2D eigenvalue weighted by Crippen LogP contribution is -2.64. The van der Waals surface area contributed by atoms with Crippen molar-refractivity contribution in [3.63, 3.8) is 0 Å². The Balaban J connectivity index is 1.45. The van der Waals surface area contributed by atoms with Crippen LogP contribution in [0.3, 0.4) is 0 Å². The van der Waals surface area contributed by atoms with E-state index in [1.165, 1.54) is 12.0 Å². The maximum Gasteiger partial charge on any atom is 0.329 e. The summed E-state index contributed by atoms with van der Waals surface area (Å²) in [6.45, 7) is 14.2. The van der Waals surface area contributed by atoms with E-state index >= 15 is 0 Å². The zero-order valence-corrected chi connectivity index (χ0v) is 43.7. The van der Waals surface area contributed by atoms with E-state index in [0.29, 0.717) is 75.5 Å². The normalized spacial score (nSPS) is 33.8. The third-order valence-corrected chi connectivity index (χ3v) is 15.4. The van der Waals surface area contributed by atoms with Gasteiger partial charge in [-0.3, -0.25) is 24.0 Å². The molecule has 2 amide bonds. The number of carbonyl (C=O) groups excluding carboxylic acids is 5. The zero-order valence-electron chi connectivity index (χ0n) is 43.7. The van der Waals surface area contributed by atoms with E-state index in [1.807, 2.05) is 34.6 Å². The van der Waals surface area contributed by atoms with E-state index in [9.17, 15) is 39.0 Å². The topological polar surface area (TPSA) is 230 Å². The standard InChI is InChI=1S/C55H83N3O13/c1-10-24-69-45-30-37(20-21-42(45)57-51(61)40-17-13-12-16-39(40)31-41(56)53(63)64)28-35(6)48-34(5)19-22-44(59)38(11-2)26-32(3)25-33(4)27-46(67-8)49-47(68-9)29-36(7)55(66,71-49)50(60)52(62)58-23-15-14-18-43(58)54(65)70-48/h12-13,16-17,26,28,33-34,36-38,41-43,45-49,66H,10-11,14-15,18-25,27,29-31,56H2,1-9H3,(H,57,61)(H,63,64)/t33?,34?,36?,37?,38?,41-,42?,43?,45?,46?,47?,48?,49?,55?/m1/s1. The molecule has 71 heavy (non-hydrogen) atoms. The molecule has 1 aromatic carbocycles. The van der Waals surface area contributed by atoms with Crippen LogP contribution >= 0.6 is 0 Å². The van der Waals surface area contributed by atoms with E-state index in [4.69, 9.17) is 29.4 Å². The third-order valence-electron chi connectivity index (χ3n) is 15.4. The second kappa shape index (κ2) is 26.6. The van der Waals surface area contributed by atoms with Gasteiger partial charge in [0.1, 0.15) is 30.1 Å². The van der Waals surface area contributed by atoms with Crippen LogP contribution in [0.25, 0.3) is 0 Å². The first-order valence-electron chi connectivity index (χ1n) is 26.1. The number of ketones is 2. The maximum atomic E-state index is 14.6. The second-order valence-electron chi connectivity index (χ2n) is 21.0. The summed E-state index contributed by atoms with van der Waals surface area (Å²) in [4.78, 5) is 84.0. The molecule has 16 heteroatoms. The number of allylic oxidation sites excluding steroid dienone is 3. The first-order valence-corrected chi connectivity index (χ1v) is 26.1. The molecule has 3 heterocycles. The van der Waals surface area contributed by atoms with Gasteiger partial charge in [0.15, 0.2) is 0 Å². The highest BCUT2D eigenvalue weighted by Crippen LogP contribution is 2.39. The molecule has 14 atom stereocenters. The van der Waals surface area contributed by atoms with Crippen molar-refractivity contribution in [3.8, 4) is 0 Å². The number of esters is 1. The van der Waals surface area contributed by atoms with Gasteiger partial charge in [0, 0.05) is 51.2 Å². The molecule has 3 aliphatic heterocycles. The minimum atomic E-state index is -2.51. The van der Waals surface area contributed by atoms with Crippen molar-refractivity contribution < 1.29 is 62.7 Å². The Labute approximate surface area is 421 Å². The number of carbonyl (C=O) groups is 6. The lowest BCUT2D eigenvalue weighted by molar-refractivity contribution is -0.302. The quantitative estimate of drug-likeness (QED) is 0.0919. The third kappa shape index (κ3) is 14.7. The van der Waals surface area contributed by atoms with Crippen molar-refractivity contribution in [2.45, 2.75) is 193 Å². The predicted octanol–water partition coefficient (Wildman–Crippen LogP) is 6.67. The number of carboxylic acid groups (broad SMARTS) is 1. The van der Waals surface area contributed by atoms with E-state index in [2.05, 4.69) is 24.4 Å². The highest BCUT2D eigenvalue weighted by Gasteiger charge is 2.56. The van der Waals surface area contributed by atoms with Crippen molar-refractivity contribution >= 4 is 35.3 Å². The minimum Gasteiger partial charge on any atom is -0.480 e. The smallest absolute Gasteiger partial charge is 0.329 e. The van der Waals surface area contributed by atoms with Gasteiger partial charge in [0.2, 0.25) is 5.79 Å². The average molecular weight is 994 g/mol. The number of piperidine rings is 1. The van der Waals surface area contributed by atoms with Crippen LogP contribution in [0, 0.1) is 29.6 Å². The van der Waals surface area contributed by atoms with Crippen molar-refractivity contribution in [1.82, 2.24) is 10.2 Å². The molecule has 3 fully saturated rings. The van der Waals surface area contributed by atoms with Crippen molar-refractivity contribution in [3.05, 3.63) is 58.7 Å². The molecular weight excluding hydrogens is 911 g/mol. The first-order chi connectivity index (χ1) is 33.8. The highest BCUT2D eigenvalue weighted by atomic mass is 16.7.